The van der Waals surface area contributed by atoms with Crippen molar-refractivity contribution in [2.45, 2.75) is 0 Å². The van der Waals surface area contributed by atoms with Crippen molar-refractivity contribution in [3.63, 3.8) is 0 Å². The van der Waals surface area contributed by atoms with E-state index in [4.69, 9.17) is 11.6 Å². The summed E-state index contributed by atoms with van der Waals surface area (Å²) in [5.41, 5.74) is 7.42. The van der Waals surface area contributed by atoms with Gasteiger partial charge < -0.3 is 8.80 Å². The highest BCUT2D eigenvalue weighted by Crippen LogP contribution is 2.40. The Bertz CT molecular complexity index is 1680. The topological polar surface area (TPSA) is 8.82 Å². The molecule has 3 heteroatoms. The van der Waals surface area contributed by atoms with Crippen LogP contribution in [0.3, 0.4) is 0 Å². The summed E-state index contributed by atoms with van der Waals surface area (Å²) in [7, 11) is 0. The van der Waals surface area contributed by atoms with E-state index in [-0.39, 0.29) is 0 Å². The summed E-state index contributed by atoms with van der Waals surface area (Å²) in [4.78, 5) is 0. The molecular formula is C24H13ClN2. The number of rotatable bonds is 0. The van der Waals surface area contributed by atoms with E-state index in [2.05, 4.69) is 81.6 Å². The van der Waals surface area contributed by atoms with Gasteiger partial charge in [0.2, 0.25) is 0 Å². The van der Waals surface area contributed by atoms with Gasteiger partial charge in [-0.3, -0.25) is 0 Å². The van der Waals surface area contributed by atoms with E-state index in [9.17, 15) is 0 Å². The van der Waals surface area contributed by atoms with E-state index < -0.39 is 0 Å². The molecule has 0 amide bonds. The highest BCUT2D eigenvalue weighted by molar-refractivity contribution is 6.32. The molecule has 0 radical (unpaired) electrons. The molecule has 7 rings (SSSR count). The average molecular weight is 365 g/mol. The Morgan fingerprint density at radius 1 is 0.481 bits per heavy atom. The Morgan fingerprint density at radius 3 is 1.78 bits per heavy atom. The summed E-state index contributed by atoms with van der Waals surface area (Å²) in [6.07, 6.45) is 0. The second-order valence-corrected chi connectivity index (χ2v) is 7.63. The fourth-order valence-electron chi connectivity index (χ4n) is 4.88. The molecule has 0 aliphatic rings. The summed E-state index contributed by atoms with van der Waals surface area (Å²) in [5, 5.41) is 5.80. The van der Waals surface area contributed by atoms with Gasteiger partial charge in [-0.25, -0.2) is 0 Å². The van der Waals surface area contributed by atoms with Crippen LogP contribution in [0.1, 0.15) is 0 Å². The van der Waals surface area contributed by atoms with Crippen LogP contribution in [0.4, 0.5) is 0 Å². The molecule has 3 heterocycles. The quantitative estimate of drug-likeness (QED) is 0.259. The highest BCUT2D eigenvalue weighted by atomic mass is 35.5. The zero-order chi connectivity index (χ0) is 17.7. The number of benzene rings is 4. The lowest BCUT2D eigenvalue weighted by molar-refractivity contribution is 1.26. The van der Waals surface area contributed by atoms with Crippen molar-refractivity contribution in [2.24, 2.45) is 0 Å². The molecule has 0 bridgehead atoms. The summed E-state index contributed by atoms with van der Waals surface area (Å²) in [6, 6.07) is 28.1. The zero-order valence-electron chi connectivity index (χ0n) is 14.3. The second-order valence-electron chi connectivity index (χ2n) is 7.20. The van der Waals surface area contributed by atoms with Gasteiger partial charge in [0, 0.05) is 26.6 Å². The number of nitrogens with zero attached hydrogens (tertiary/aromatic N) is 2. The molecular weight excluding hydrogens is 352 g/mol. The van der Waals surface area contributed by atoms with E-state index in [0.717, 1.165) is 5.02 Å². The molecule has 7 aromatic rings. The normalized spacial score (nSPS) is 12.6. The third-order valence-corrected chi connectivity index (χ3v) is 6.12. The molecule has 0 atom stereocenters. The molecule has 0 spiro atoms. The lowest BCUT2D eigenvalue weighted by Gasteiger charge is -2.11. The van der Waals surface area contributed by atoms with E-state index in [0.29, 0.717) is 0 Å². The number of hydrogen-bond donors (Lipinski definition) is 0. The lowest BCUT2D eigenvalue weighted by Crippen LogP contribution is -1.96. The van der Waals surface area contributed by atoms with Gasteiger partial charge in [-0.2, -0.15) is 0 Å². The Kier molecular flexibility index (Phi) is 2.34. The van der Waals surface area contributed by atoms with Crippen LogP contribution in [-0.2, 0) is 0 Å². The average Bonchev–Trinajstić information content (AvgIpc) is 3.21. The van der Waals surface area contributed by atoms with Gasteiger partial charge >= 0.3 is 0 Å². The Morgan fingerprint density at radius 2 is 1.04 bits per heavy atom. The predicted molar refractivity (Wildman–Crippen MR) is 115 cm³/mol. The van der Waals surface area contributed by atoms with Crippen molar-refractivity contribution in [3.05, 3.63) is 83.9 Å². The van der Waals surface area contributed by atoms with Gasteiger partial charge in [0.1, 0.15) is 0 Å². The van der Waals surface area contributed by atoms with Crippen LogP contribution >= 0.6 is 11.6 Å². The molecule has 4 aromatic carbocycles. The van der Waals surface area contributed by atoms with Crippen LogP contribution in [0, 0.1) is 0 Å². The molecule has 0 aliphatic heterocycles. The molecule has 0 aliphatic carbocycles. The van der Waals surface area contributed by atoms with Crippen LogP contribution in [0.25, 0.3) is 54.6 Å². The van der Waals surface area contributed by atoms with Crippen LogP contribution in [0.5, 0.6) is 0 Å². The number of halogens is 1. The lowest BCUT2D eigenvalue weighted by atomic mass is 10.1. The molecule has 27 heavy (non-hydrogen) atoms. The first kappa shape index (κ1) is 13.9. The van der Waals surface area contributed by atoms with Crippen LogP contribution in [0.15, 0.2) is 78.9 Å². The molecule has 0 fully saturated rings. The van der Waals surface area contributed by atoms with Crippen LogP contribution in [0.2, 0.25) is 5.02 Å². The number of para-hydroxylation sites is 3. The van der Waals surface area contributed by atoms with E-state index in [1.165, 1.54) is 54.6 Å². The van der Waals surface area contributed by atoms with Gasteiger partial charge in [0.25, 0.3) is 0 Å². The SMILES string of the molecule is Clc1ccc2c(c1)c1cccc3c1n2c1cccc2c4ccccc4n3c21. The van der Waals surface area contributed by atoms with Crippen molar-refractivity contribution in [2.75, 3.05) is 0 Å². The summed E-state index contributed by atoms with van der Waals surface area (Å²) in [5.74, 6) is 0. The third kappa shape index (κ3) is 1.51. The summed E-state index contributed by atoms with van der Waals surface area (Å²) in [6.45, 7) is 0. The van der Waals surface area contributed by atoms with Crippen molar-refractivity contribution >= 4 is 66.2 Å². The Balaban J connectivity index is 1.98. The molecule has 0 N–H and O–H groups in total. The second kappa shape index (κ2) is 4.54. The van der Waals surface area contributed by atoms with Crippen molar-refractivity contribution in [1.82, 2.24) is 8.80 Å². The van der Waals surface area contributed by atoms with Crippen molar-refractivity contribution in [1.29, 1.82) is 0 Å². The Hall–Kier alpha value is -3.23. The van der Waals surface area contributed by atoms with E-state index in [1.807, 2.05) is 6.07 Å². The van der Waals surface area contributed by atoms with Gasteiger partial charge in [-0.15, -0.1) is 0 Å². The van der Waals surface area contributed by atoms with Crippen LogP contribution in [-0.4, -0.2) is 8.80 Å². The maximum atomic E-state index is 6.34. The maximum absolute atomic E-state index is 6.34. The first-order valence-corrected chi connectivity index (χ1v) is 9.46. The number of fused-ring (bicyclic) bond motifs is 8. The molecule has 126 valence electrons. The largest absolute Gasteiger partial charge is 0.305 e. The van der Waals surface area contributed by atoms with Gasteiger partial charge in [0.05, 0.1) is 33.1 Å². The Labute approximate surface area is 159 Å². The van der Waals surface area contributed by atoms with E-state index >= 15 is 0 Å². The summed E-state index contributed by atoms with van der Waals surface area (Å²) >= 11 is 6.34. The molecule has 3 aromatic heterocycles. The fraction of sp³-hybridized carbons (Fsp3) is 0. The van der Waals surface area contributed by atoms with Gasteiger partial charge in [0.15, 0.2) is 0 Å². The smallest absolute Gasteiger partial charge is 0.0783 e. The zero-order valence-corrected chi connectivity index (χ0v) is 15.0. The standard InChI is InChI=1S/C24H13ClN2/c25-14-11-12-20-18(13-14)17-7-4-10-22-24(17)27(20)21-9-3-6-16-15-5-1-2-8-19(15)26(22)23(16)21/h1-13H. The van der Waals surface area contributed by atoms with Crippen molar-refractivity contribution < 1.29 is 0 Å². The molecule has 0 saturated heterocycles. The number of hydrogen-bond acceptors (Lipinski definition) is 0. The third-order valence-electron chi connectivity index (χ3n) is 5.88. The minimum Gasteiger partial charge on any atom is -0.305 e. The predicted octanol–water partition coefficient (Wildman–Crippen LogP) is 6.90. The maximum Gasteiger partial charge on any atom is 0.0783 e. The number of aromatic nitrogens is 2. The van der Waals surface area contributed by atoms with Gasteiger partial charge in [-0.1, -0.05) is 54.1 Å². The van der Waals surface area contributed by atoms with Crippen LogP contribution < -0.4 is 0 Å². The monoisotopic (exact) mass is 364 g/mol. The summed E-state index contributed by atoms with van der Waals surface area (Å²) < 4.78 is 4.82. The highest BCUT2D eigenvalue weighted by Gasteiger charge is 2.20. The van der Waals surface area contributed by atoms with Crippen molar-refractivity contribution in [3.8, 4) is 0 Å². The minimum atomic E-state index is 0.773. The first-order chi connectivity index (χ1) is 13.3. The minimum absolute atomic E-state index is 0.773. The van der Waals surface area contributed by atoms with E-state index in [1.54, 1.807) is 0 Å². The first-order valence-electron chi connectivity index (χ1n) is 9.08. The molecule has 0 unspecified atom stereocenters. The van der Waals surface area contributed by atoms with Gasteiger partial charge in [-0.05, 0) is 36.4 Å². The fourth-order valence-corrected chi connectivity index (χ4v) is 5.06. The molecule has 2 nitrogen and oxygen atoms in total. The molecule has 0 saturated carbocycles.